The van der Waals surface area contributed by atoms with Crippen LogP contribution < -0.4 is 0 Å². The normalized spacial score (nSPS) is 23.2. The molecule has 1 aromatic heterocycles. The monoisotopic (exact) mass is 255 g/mol. The Morgan fingerprint density at radius 3 is 3.00 bits per heavy atom. The van der Waals surface area contributed by atoms with Gasteiger partial charge < -0.3 is 9.67 Å². The van der Waals surface area contributed by atoms with E-state index in [0.717, 1.165) is 24.8 Å². The highest BCUT2D eigenvalue weighted by molar-refractivity contribution is 7.84. The minimum atomic E-state index is -0.781. The Kier molecular flexibility index (Phi) is 3.73. The molecule has 1 N–H and O–H groups in total. The van der Waals surface area contributed by atoms with Crippen molar-refractivity contribution in [3.05, 3.63) is 23.0 Å². The van der Waals surface area contributed by atoms with Crippen molar-refractivity contribution in [1.29, 1.82) is 0 Å². The molecule has 0 saturated carbocycles. The van der Waals surface area contributed by atoms with Gasteiger partial charge in [0.05, 0.1) is 6.10 Å². The molecule has 0 amide bonds. The summed E-state index contributed by atoms with van der Waals surface area (Å²) in [5, 5.41) is 9.99. The third-order valence-electron chi connectivity index (χ3n) is 3.54. The standard InChI is InChI=1S/C13H21NO2S/c1-9-7-11-12(5-4-6-13(11)15)14(9)10(2)8-17(3)16/h7,10,13,15H,4-6,8H2,1-3H3. The van der Waals surface area contributed by atoms with E-state index in [0.29, 0.717) is 5.75 Å². The summed E-state index contributed by atoms with van der Waals surface area (Å²) in [4.78, 5) is 0. The van der Waals surface area contributed by atoms with E-state index in [1.165, 1.54) is 11.4 Å². The van der Waals surface area contributed by atoms with Crippen LogP contribution in [0.2, 0.25) is 0 Å². The average molecular weight is 255 g/mol. The fourth-order valence-corrected chi connectivity index (χ4v) is 3.76. The van der Waals surface area contributed by atoms with E-state index in [4.69, 9.17) is 0 Å². The molecule has 1 aliphatic rings. The molecular formula is C13H21NO2S. The highest BCUT2D eigenvalue weighted by Gasteiger charge is 2.25. The van der Waals surface area contributed by atoms with Crippen LogP contribution in [-0.2, 0) is 17.2 Å². The molecule has 0 aliphatic heterocycles. The first-order valence-electron chi connectivity index (χ1n) is 6.19. The van der Waals surface area contributed by atoms with Gasteiger partial charge in [-0.25, -0.2) is 0 Å². The van der Waals surface area contributed by atoms with Crippen LogP contribution >= 0.6 is 0 Å². The lowest BCUT2D eigenvalue weighted by Gasteiger charge is -2.23. The lowest BCUT2D eigenvalue weighted by Crippen LogP contribution is -2.19. The van der Waals surface area contributed by atoms with Crippen LogP contribution in [0.15, 0.2) is 6.07 Å². The SMILES string of the molecule is Cc1cc2c(n1C(C)CS(C)=O)CCCC2O. The summed E-state index contributed by atoms with van der Waals surface area (Å²) in [5.74, 6) is 0.679. The molecule has 3 unspecified atom stereocenters. The topological polar surface area (TPSA) is 42.2 Å². The van der Waals surface area contributed by atoms with Crippen molar-refractivity contribution >= 4 is 10.8 Å². The fourth-order valence-electron chi connectivity index (χ4n) is 2.93. The summed E-state index contributed by atoms with van der Waals surface area (Å²) >= 11 is 0. The fraction of sp³-hybridized carbons (Fsp3) is 0.692. The quantitative estimate of drug-likeness (QED) is 0.899. The first-order chi connectivity index (χ1) is 8.00. The molecule has 96 valence electrons. The van der Waals surface area contributed by atoms with E-state index in [2.05, 4.69) is 24.5 Å². The summed E-state index contributed by atoms with van der Waals surface area (Å²) in [6, 6.07) is 2.34. The molecule has 0 fully saturated rings. The number of aromatic nitrogens is 1. The lowest BCUT2D eigenvalue weighted by atomic mass is 9.95. The Morgan fingerprint density at radius 2 is 2.35 bits per heavy atom. The van der Waals surface area contributed by atoms with Gasteiger partial charge in [-0.05, 0) is 39.2 Å². The van der Waals surface area contributed by atoms with E-state index < -0.39 is 10.8 Å². The maximum Gasteiger partial charge on any atom is 0.0807 e. The molecule has 2 rings (SSSR count). The van der Waals surface area contributed by atoms with Gasteiger partial charge in [0.15, 0.2) is 0 Å². The largest absolute Gasteiger partial charge is 0.388 e. The van der Waals surface area contributed by atoms with Crippen molar-refractivity contribution in [1.82, 2.24) is 4.57 Å². The van der Waals surface area contributed by atoms with Crippen molar-refractivity contribution in [3.8, 4) is 0 Å². The van der Waals surface area contributed by atoms with Crippen LogP contribution in [0, 0.1) is 6.92 Å². The van der Waals surface area contributed by atoms with Gasteiger partial charge in [0.25, 0.3) is 0 Å². The zero-order valence-corrected chi connectivity index (χ0v) is 11.6. The molecule has 0 spiro atoms. The summed E-state index contributed by atoms with van der Waals surface area (Å²) in [5.41, 5.74) is 3.51. The predicted octanol–water partition coefficient (Wildman–Crippen LogP) is 2.11. The molecule has 1 heterocycles. The maximum atomic E-state index is 11.3. The molecule has 3 atom stereocenters. The van der Waals surface area contributed by atoms with Crippen LogP contribution in [-0.4, -0.2) is 25.9 Å². The zero-order chi connectivity index (χ0) is 12.6. The molecule has 3 nitrogen and oxygen atoms in total. The van der Waals surface area contributed by atoms with Gasteiger partial charge in [0.1, 0.15) is 0 Å². The Bertz CT molecular complexity index is 439. The Balaban J connectivity index is 2.37. The van der Waals surface area contributed by atoms with Crippen LogP contribution in [0.25, 0.3) is 0 Å². The molecule has 1 aliphatic carbocycles. The second-order valence-electron chi connectivity index (χ2n) is 5.05. The smallest absolute Gasteiger partial charge is 0.0807 e. The second kappa shape index (κ2) is 4.94. The van der Waals surface area contributed by atoms with Crippen LogP contribution in [0.5, 0.6) is 0 Å². The summed E-state index contributed by atoms with van der Waals surface area (Å²) in [6.45, 7) is 4.18. The number of nitrogens with zero attached hydrogens (tertiary/aromatic N) is 1. The van der Waals surface area contributed by atoms with Gasteiger partial charge >= 0.3 is 0 Å². The van der Waals surface area contributed by atoms with Gasteiger partial charge in [-0.2, -0.15) is 0 Å². The molecule has 0 aromatic carbocycles. The Labute approximate surface area is 105 Å². The van der Waals surface area contributed by atoms with Crippen molar-refractivity contribution in [2.75, 3.05) is 12.0 Å². The Hall–Kier alpha value is -0.610. The van der Waals surface area contributed by atoms with Gasteiger partial charge in [-0.3, -0.25) is 4.21 Å². The van der Waals surface area contributed by atoms with Crippen molar-refractivity contribution in [2.45, 2.75) is 45.3 Å². The summed E-state index contributed by atoms with van der Waals surface area (Å²) in [7, 11) is -0.781. The minimum absolute atomic E-state index is 0.245. The molecule has 0 bridgehead atoms. The van der Waals surface area contributed by atoms with Gasteiger partial charge in [-0.1, -0.05) is 0 Å². The van der Waals surface area contributed by atoms with Crippen molar-refractivity contribution in [3.63, 3.8) is 0 Å². The lowest BCUT2D eigenvalue weighted by molar-refractivity contribution is 0.155. The van der Waals surface area contributed by atoms with E-state index in [9.17, 15) is 9.32 Å². The maximum absolute atomic E-state index is 11.3. The number of aliphatic hydroxyl groups excluding tert-OH is 1. The first-order valence-corrected chi connectivity index (χ1v) is 7.92. The van der Waals surface area contributed by atoms with Gasteiger partial charge in [0.2, 0.25) is 0 Å². The van der Waals surface area contributed by atoms with E-state index in [-0.39, 0.29) is 12.1 Å². The number of aliphatic hydroxyl groups is 1. The molecular weight excluding hydrogens is 234 g/mol. The predicted molar refractivity (Wildman–Crippen MR) is 70.7 cm³/mol. The third kappa shape index (κ3) is 2.47. The van der Waals surface area contributed by atoms with Crippen molar-refractivity contribution in [2.24, 2.45) is 0 Å². The zero-order valence-electron chi connectivity index (χ0n) is 10.8. The highest BCUT2D eigenvalue weighted by Crippen LogP contribution is 2.33. The summed E-state index contributed by atoms with van der Waals surface area (Å²) in [6.07, 6.45) is 4.37. The van der Waals surface area contributed by atoms with Crippen LogP contribution in [0.4, 0.5) is 0 Å². The minimum Gasteiger partial charge on any atom is -0.388 e. The number of aryl methyl sites for hydroxylation is 1. The van der Waals surface area contributed by atoms with Crippen molar-refractivity contribution < 1.29 is 9.32 Å². The van der Waals surface area contributed by atoms with Gasteiger partial charge in [0, 0.05) is 45.8 Å². The molecule has 0 saturated heterocycles. The summed E-state index contributed by atoms with van der Waals surface area (Å²) < 4.78 is 13.6. The number of hydrogen-bond acceptors (Lipinski definition) is 2. The third-order valence-corrected chi connectivity index (χ3v) is 4.49. The highest BCUT2D eigenvalue weighted by atomic mass is 32.2. The number of fused-ring (bicyclic) bond motifs is 1. The Morgan fingerprint density at radius 1 is 1.65 bits per heavy atom. The van der Waals surface area contributed by atoms with Gasteiger partial charge in [-0.15, -0.1) is 0 Å². The van der Waals surface area contributed by atoms with E-state index in [1.807, 2.05) is 0 Å². The first kappa shape index (κ1) is 12.8. The van der Waals surface area contributed by atoms with Crippen LogP contribution in [0.1, 0.15) is 48.9 Å². The van der Waals surface area contributed by atoms with Crippen LogP contribution in [0.3, 0.4) is 0 Å². The molecule has 1 aromatic rings. The molecule has 0 radical (unpaired) electrons. The number of rotatable bonds is 3. The second-order valence-corrected chi connectivity index (χ2v) is 6.53. The average Bonchev–Trinajstić information content (AvgIpc) is 2.55. The number of hydrogen-bond donors (Lipinski definition) is 1. The van der Waals surface area contributed by atoms with E-state index in [1.54, 1.807) is 6.26 Å². The molecule has 17 heavy (non-hydrogen) atoms. The molecule has 4 heteroatoms. The van der Waals surface area contributed by atoms with E-state index >= 15 is 0 Å².